The van der Waals surface area contributed by atoms with Crippen LogP contribution in [0.1, 0.15) is 18.4 Å². The van der Waals surface area contributed by atoms with Gasteiger partial charge in [-0.15, -0.1) is 11.6 Å². The summed E-state index contributed by atoms with van der Waals surface area (Å²) in [6.45, 7) is 1.86. The topological polar surface area (TPSA) is 49.8 Å². The summed E-state index contributed by atoms with van der Waals surface area (Å²) in [7, 11) is 0. The summed E-state index contributed by atoms with van der Waals surface area (Å²) >= 11 is 5.72. The molecule has 0 aromatic heterocycles. The SMILES string of the molecule is O=C(O)N1CCC(COc2ccc(CCl)cc2)CC1. The zero-order chi connectivity index (χ0) is 13.7. The van der Waals surface area contributed by atoms with Crippen molar-refractivity contribution in [3.63, 3.8) is 0 Å². The van der Waals surface area contributed by atoms with Gasteiger partial charge in [0.1, 0.15) is 5.75 Å². The molecule has 4 nitrogen and oxygen atoms in total. The summed E-state index contributed by atoms with van der Waals surface area (Å²) in [5.74, 6) is 1.78. The zero-order valence-electron chi connectivity index (χ0n) is 10.7. The van der Waals surface area contributed by atoms with Gasteiger partial charge in [-0.2, -0.15) is 0 Å². The van der Waals surface area contributed by atoms with Gasteiger partial charge in [0.05, 0.1) is 6.61 Å². The van der Waals surface area contributed by atoms with Crippen LogP contribution in [0.3, 0.4) is 0 Å². The van der Waals surface area contributed by atoms with Gasteiger partial charge in [0.2, 0.25) is 0 Å². The van der Waals surface area contributed by atoms with E-state index >= 15 is 0 Å². The van der Waals surface area contributed by atoms with Crippen molar-refractivity contribution in [2.75, 3.05) is 19.7 Å². The Morgan fingerprint density at radius 3 is 2.47 bits per heavy atom. The van der Waals surface area contributed by atoms with Gasteiger partial charge in [-0.25, -0.2) is 4.79 Å². The molecular weight excluding hydrogens is 266 g/mol. The number of piperidine rings is 1. The van der Waals surface area contributed by atoms with E-state index < -0.39 is 6.09 Å². The first kappa shape index (κ1) is 14.0. The fraction of sp³-hybridized carbons (Fsp3) is 0.500. The molecule has 1 aromatic rings. The minimum Gasteiger partial charge on any atom is -0.493 e. The number of halogens is 1. The zero-order valence-corrected chi connectivity index (χ0v) is 11.5. The van der Waals surface area contributed by atoms with Crippen molar-refractivity contribution in [3.05, 3.63) is 29.8 Å². The van der Waals surface area contributed by atoms with E-state index in [1.807, 2.05) is 24.3 Å². The van der Waals surface area contributed by atoms with Crippen LogP contribution in [0.15, 0.2) is 24.3 Å². The minimum atomic E-state index is -0.823. The minimum absolute atomic E-state index is 0.434. The molecule has 1 fully saturated rings. The van der Waals surface area contributed by atoms with Gasteiger partial charge in [-0.05, 0) is 36.5 Å². The van der Waals surface area contributed by atoms with Gasteiger partial charge in [-0.1, -0.05) is 12.1 Å². The second kappa shape index (κ2) is 6.66. The number of rotatable bonds is 4. The fourth-order valence-electron chi connectivity index (χ4n) is 2.18. The lowest BCUT2D eigenvalue weighted by molar-refractivity contribution is 0.111. The van der Waals surface area contributed by atoms with E-state index in [0.717, 1.165) is 24.2 Å². The molecule has 0 atom stereocenters. The van der Waals surface area contributed by atoms with Crippen molar-refractivity contribution in [2.45, 2.75) is 18.7 Å². The molecule has 2 rings (SSSR count). The largest absolute Gasteiger partial charge is 0.493 e. The van der Waals surface area contributed by atoms with Crippen LogP contribution in [-0.4, -0.2) is 35.8 Å². The number of ether oxygens (including phenoxy) is 1. The molecule has 0 aliphatic carbocycles. The Bertz CT molecular complexity index is 413. The molecule has 1 heterocycles. The molecule has 0 unspecified atom stereocenters. The lowest BCUT2D eigenvalue weighted by Crippen LogP contribution is -2.38. The van der Waals surface area contributed by atoms with E-state index in [4.69, 9.17) is 21.4 Å². The Hall–Kier alpha value is -1.42. The van der Waals surface area contributed by atoms with E-state index in [9.17, 15) is 4.79 Å². The number of carboxylic acid groups (broad SMARTS) is 1. The highest BCUT2D eigenvalue weighted by Gasteiger charge is 2.22. The first-order chi connectivity index (χ1) is 9.19. The quantitative estimate of drug-likeness (QED) is 0.864. The molecule has 1 aliphatic rings. The molecular formula is C14H18ClNO3. The third kappa shape index (κ3) is 4.03. The van der Waals surface area contributed by atoms with Crippen LogP contribution in [-0.2, 0) is 5.88 Å². The fourth-order valence-corrected chi connectivity index (χ4v) is 2.36. The third-order valence-electron chi connectivity index (χ3n) is 3.45. The second-order valence-corrected chi connectivity index (χ2v) is 5.07. The number of likely N-dealkylation sites (tertiary alicyclic amines) is 1. The van der Waals surface area contributed by atoms with Gasteiger partial charge in [0, 0.05) is 19.0 Å². The van der Waals surface area contributed by atoms with Crippen molar-refractivity contribution >= 4 is 17.7 Å². The average Bonchev–Trinajstić information content (AvgIpc) is 2.46. The van der Waals surface area contributed by atoms with E-state index in [0.29, 0.717) is 31.5 Å². The van der Waals surface area contributed by atoms with Crippen LogP contribution in [0.4, 0.5) is 4.79 Å². The summed E-state index contributed by atoms with van der Waals surface area (Å²) in [5.41, 5.74) is 1.07. The first-order valence-electron chi connectivity index (χ1n) is 6.44. The van der Waals surface area contributed by atoms with E-state index in [-0.39, 0.29) is 0 Å². The molecule has 19 heavy (non-hydrogen) atoms. The molecule has 0 saturated carbocycles. The summed E-state index contributed by atoms with van der Waals surface area (Å²) < 4.78 is 5.73. The number of nitrogens with zero attached hydrogens (tertiary/aromatic N) is 1. The van der Waals surface area contributed by atoms with Crippen LogP contribution in [0, 0.1) is 5.92 Å². The number of carbonyl (C=O) groups is 1. The highest BCUT2D eigenvalue weighted by Crippen LogP contribution is 2.20. The van der Waals surface area contributed by atoms with Gasteiger partial charge < -0.3 is 14.7 Å². The Morgan fingerprint density at radius 1 is 1.32 bits per heavy atom. The smallest absolute Gasteiger partial charge is 0.407 e. The molecule has 5 heteroatoms. The Kier molecular flexibility index (Phi) is 4.91. The molecule has 1 N–H and O–H groups in total. The van der Waals surface area contributed by atoms with Gasteiger partial charge in [-0.3, -0.25) is 0 Å². The predicted octanol–water partition coefficient (Wildman–Crippen LogP) is 3.19. The standard InChI is InChI=1S/C14H18ClNO3/c15-9-11-1-3-13(4-2-11)19-10-12-5-7-16(8-6-12)14(17)18/h1-4,12H,5-10H2,(H,17,18). The molecule has 0 bridgehead atoms. The van der Waals surface area contributed by atoms with Crippen molar-refractivity contribution in [1.82, 2.24) is 4.90 Å². The highest BCUT2D eigenvalue weighted by molar-refractivity contribution is 6.17. The molecule has 1 saturated heterocycles. The monoisotopic (exact) mass is 283 g/mol. The van der Waals surface area contributed by atoms with Crippen molar-refractivity contribution in [3.8, 4) is 5.75 Å². The molecule has 1 amide bonds. The summed E-state index contributed by atoms with van der Waals surface area (Å²) in [5, 5.41) is 8.87. The number of benzene rings is 1. The summed E-state index contributed by atoms with van der Waals surface area (Å²) in [6.07, 6.45) is 0.911. The summed E-state index contributed by atoms with van der Waals surface area (Å²) in [6, 6.07) is 7.75. The maximum atomic E-state index is 10.8. The van der Waals surface area contributed by atoms with E-state index in [1.165, 1.54) is 4.90 Å². The molecule has 1 aromatic carbocycles. The van der Waals surface area contributed by atoms with Crippen molar-refractivity contribution < 1.29 is 14.6 Å². The Morgan fingerprint density at radius 2 is 1.95 bits per heavy atom. The molecule has 0 radical (unpaired) electrons. The number of alkyl halides is 1. The van der Waals surface area contributed by atoms with Crippen LogP contribution in [0.2, 0.25) is 0 Å². The second-order valence-electron chi connectivity index (χ2n) is 4.80. The van der Waals surface area contributed by atoms with Crippen LogP contribution >= 0.6 is 11.6 Å². The Labute approximate surface area is 117 Å². The van der Waals surface area contributed by atoms with Crippen molar-refractivity contribution in [1.29, 1.82) is 0 Å². The average molecular weight is 284 g/mol. The number of hydrogen-bond donors (Lipinski definition) is 1. The van der Waals surface area contributed by atoms with Crippen LogP contribution < -0.4 is 4.74 Å². The lowest BCUT2D eigenvalue weighted by Gasteiger charge is -2.29. The molecule has 0 spiro atoms. The maximum absolute atomic E-state index is 10.8. The van der Waals surface area contributed by atoms with E-state index in [2.05, 4.69) is 0 Å². The summed E-state index contributed by atoms with van der Waals surface area (Å²) in [4.78, 5) is 12.2. The van der Waals surface area contributed by atoms with E-state index in [1.54, 1.807) is 0 Å². The molecule has 1 aliphatic heterocycles. The van der Waals surface area contributed by atoms with Crippen LogP contribution in [0.25, 0.3) is 0 Å². The number of hydrogen-bond acceptors (Lipinski definition) is 2. The normalized spacial score (nSPS) is 16.4. The van der Waals surface area contributed by atoms with Gasteiger partial charge in [0.25, 0.3) is 0 Å². The highest BCUT2D eigenvalue weighted by atomic mass is 35.5. The Balaban J connectivity index is 1.75. The maximum Gasteiger partial charge on any atom is 0.407 e. The van der Waals surface area contributed by atoms with Crippen molar-refractivity contribution in [2.24, 2.45) is 5.92 Å². The van der Waals surface area contributed by atoms with Gasteiger partial charge >= 0.3 is 6.09 Å². The predicted molar refractivity (Wildman–Crippen MR) is 73.8 cm³/mol. The third-order valence-corrected chi connectivity index (χ3v) is 3.76. The lowest BCUT2D eigenvalue weighted by atomic mass is 9.98. The van der Waals surface area contributed by atoms with Gasteiger partial charge in [0.15, 0.2) is 0 Å². The van der Waals surface area contributed by atoms with Crippen LogP contribution in [0.5, 0.6) is 5.75 Å². The molecule has 104 valence electrons. The first-order valence-corrected chi connectivity index (χ1v) is 6.98. The number of amides is 1.